The van der Waals surface area contributed by atoms with Gasteiger partial charge in [-0.05, 0) is 83.5 Å². The molecule has 0 saturated heterocycles. The van der Waals surface area contributed by atoms with Crippen molar-refractivity contribution in [2.24, 2.45) is 0 Å². The average molecular weight is 926 g/mol. The van der Waals surface area contributed by atoms with E-state index in [9.17, 15) is 9.59 Å². The van der Waals surface area contributed by atoms with Gasteiger partial charge in [0.25, 0.3) is 0 Å². The molecule has 0 radical (unpaired) electrons. The van der Waals surface area contributed by atoms with Crippen molar-refractivity contribution in [3.63, 3.8) is 0 Å². The first-order valence-corrected chi connectivity index (χ1v) is 29.2. The van der Waals surface area contributed by atoms with Gasteiger partial charge in [0.1, 0.15) is 6.61 Å². The summed E-state index contributed by atoms with van der Waals surface area (Å²) in [7, 11) is 0. The number of carbonyl (C=O) groups excluding carboxylic acids is 2. The topological polar surface area (TPSA) is 61.8 Å². The highest BCUT2D eigenvalue weighted by Gasteiger charge is 2.17. The molecular weight excluding hydrogens is 813 g/mol. The third-order valence-electron chi connectivity index (χ3n) is 12.8. The van der Waals surface area contributed by atoms with Crippen LogP contribution in [0.15, 0.2) is 48.6 Å². The van der Waals surface area contributed by atoms with Gasteiger partial charge in [-0.1, -0.05) is 256 Å². The number of unbranched alkanes of at least 4 members (excludes halogenated alkanes) is 35. The Kier molecular flexibility index (Phi) is 55.3. The molecule has 0 aliphatic carbocycles. The van der Waals surface area contributed by atoms with E-state index < -0.39 is 6.10 Å². The molecule has 1 atom stereocenters. The predicted octanol–water partition coefficient (Wildman–Crippen LogP) is 19.9. The SMILES string of the molecule is CCCCC/C=C\C/C=C\CCCCCCCCCCCC(=O)O[C@H](COCCCCCCCCCCCCCCCCCC)COC(=O)CCCCCCC/C=C\C/C=C\CCCCC. The molecular formula is C61H112O5. The van der Waals surface area contributed by atoms with Crippen molar-refractivity contribution in [2.75, 3.05) is 19.8 Å². The molecule has 0 aliphatic heterocycles. The predicted molar refractivity (Wildman–Crippen MR) is 288 cm³/mol. The average Bonchev–Trinajstić information content (AvgIpc) is 3.32. The Balaban J connectivity index is 4.26. The summed E-state index contributed by atoms with van der Waals surface area (Å²) >= 11 is 0. The minimum absolute atomic E-state index is 0.0800. The Morgan fingerprint density at radius 2 is 0.636 bits per heavy atom. The van der Waals surface area contributed by atoms with Gasteiger partial charge >= 0.3 is 11.9 Å². The van der Waals surface area contributed by atoms with Gasteiger partial charge in [-0.25, -0.2) is 0 Å². The lowest BCUT2D eigenvalue weighted by Gasteiger charge is -2.18. The number of ether oxygens (including phenoxy) is 3. The van der Waals surface area contributed by atoms with Crippen molar-refractivity contribution in [2.45, 2.75) is 309 Å². The maximum Gasteiger partial charge on any atom is 0.306 e. The summed E-state index contributed by atoms with van der Waals surface area (Å²) in [5, 5.41) is 0. The van der Waals surface area contributed by atoms with Crippen LogP contribution in [0, 0.1) is 0 Å². The standard InChI is InChI=1S/C61H112O5/c1-4-7-10-13-16-19-22-25-28-30-31-32-34-37-40-43-46-49-52-55-61(63)66-59(57-64-56-53-50-47-44-41-38-35-29-26-23-20-17-14-11-8-5-2)58-65-60(62)54-51-48-45-42-39-36-33-27-24-21-18-15-12-9-6-3/h16,18-19,21,25,27-28,33,59H,4-15,17,20,22-24,26,29-32,34-58H2,1-3H3/b19-16-,21-18-,28-25-,33-27-/t59-/m1/s1. The molecule has 0 bridgehead atoms. The Morgan fingerprint density at radius 1 is 0.333 bits per heavy atom. The second kappa shape index (κ2) is 57.2. The highest BCUT2D eigenvalue weighted by Crippen LogP contribution is 2.16. The zero-order chi connectivity index (χ0) is 47.7. The fraction of sp³-hybridized carbons (Fsp3) is 0.836. The fourth-order valence-corrected chi connectivity index (χ4v) is 8.45. The van der Waals surface area contributed by atoms with Gasteiger partial charge in [-0.2, -0.15) is 0 Å². The highest BCUT2D eigenvalue weighted by atomic mass is 16.6. The van der Waals surface area contributed by atoms with Gasteiger partial charge in [-0.15, -0.1) is 0 Å². The molecule has 0 unspecified atom stereocenters. The summed E-state index contributed by atoms with van der Waals surface area (Å²) in [6.45, 7) is 7.81. The molecule has 0 spiro atoms. The summed E-state index contributed by atoms with van der Waals surface area (Å²) in [4.78, 5) is 25.5. The van der Waals surface area contributed by atoms with Gasteiger partial charge in [0.05, 0.1) is 6.61 Å². The molecule has 66 heavy (non-hydrogen) atoms. The summed E-state index contributed by atoms with van der Waals surface area (Å²) < 4.78 is 17.5. The van der Waals surface area contributed by atoms with Crippen LogP contribution < -0.4 is 0 Å². The number of hydrogen-bond donors (Lipinski definition) is 0. The number of esters is 2. The second-order valence-electron chi connectivity index (χ2n) is 19.5. The maximum atomic E-state index is 12.9. The van der Waals surface area contributed by atoms with Crippen LogP contribution in [-0.2, 0) is 23.8 Å². The normalized spacial score (nSPS) is 12.5. The zero-order valence-corrected chi connectivity index (χ0v) is 44.5. The van der Waals surface area contributed by atoms with Crippen LogP contribution in [-0.4, -0.2) is 37.9 Å². The van der Waals surface area contributed by atoms with E-state index in [1.54, 1.807) is 0 Å². The van der Waals surface area contributed by atoms with Crippen LogP contribution in [0.1, 0.15) is 303 Å². The van der Waals surface area contributed by atoms with Crippen molar-refractivity contribution in [3.05, 3.63) is 48.6 Å². The maximum absolute atomic E-state index is 12.9. The highest BCUT2D eigenvalue weighted by molar-refractivity contribution is 5.70. The first-order chi connectivity index (χ1) is 32.6. The van der Waals surface area contributed by atoms with Crippen LogP contribution in [0.5, 0.6) is 0 Å². The lowest BCUT2D eigenvalue weighted by atomic mass is 10.0. The van der Waals surface area contributed by atoms with E-state index in [4.69, 9.17) is 14.2 Å². The molecule has 0 saturated carbocycles. The van der Waals surface area contributed by atoms with Crippen molar-refractivity contribution in [1.29, 1.82) is 0 Å². The van der Waals surface area contributed by atoms with E-state index in [-0.39, 0.29) is 25.2 Å². The first-order valence-electron chi connectivity index (χ1n) is 29.2. The summed E-state index contributed by atoms with van der Waals surface area (Å²) in [6, 6.07) is 0. The van der Waals surface area contributed by atoms with Crippen LogP contribution >= 0.6 is 0 Å². The molecule has 0 N–H and O–H groups in total. The Hall–Kier alpha value is -2.14. The Bertz CT molecular complexity index is 1090. The van der Waals surface area contributed by atoms with Crippen molar-refractivity contribution < 1.29 is 23.8 Å². The molecule has 0 heterocycles. The van der Waals surface area contributed by atoms with Gasteiger partial charge < -0.3 is 14.2 Å². The third-order valence-corrected chi connectivity index (χ3v) is 12.8. The Labute approximate surface area is 412 Å². The molecule has 0 aliphatic rings. The van der Waals surface area contributed by atoms with E-state index in [2.05, 4.69) is 69.4 Å². The summed E-state index contributed by atoms with van der Waals surface area (Å²) in [6.07, 6.45) is 71.3. The third kappa shape index (κ3) is 54.5. The smallest absolute Gasteiger partial charge is 0.306 e. The molecule has 0 rings (SSSR count). The molecule has 5 heteroatoms. The fourth-order valence-electron chi connectivity index (χ4n) is 8.45. The van der Waals surface area contributed by atoms with E-state index in [0.29, 0.717) is 19.4 Å². The minimum Gasteiger partial charge on any atom is -0.462 e. The van der Waals surface area contributed by atoms with Crippen LogP contribution in [0.4, 0.5) is 0 Å². The van der Waals surface area contributed by atoms with E-state index in [1.807, 2.05) is 0 Å². The first kappa shape index (κ1) is 63.9. The molecule has 0 aromatic heterocycles. The van der Waals surface area contributed by atoms with Gasteiger partial charge in [0.15, 0.2) is 6.10 Å². The van der Waals surface area contributed by atoms with Gasteiger partial charge in [-0.3, -0.25) is 9.59 Å². The summed E-state index contributed by atoms with van der Waals surface area (Å²) in [5.41, 5.74) is 0. The van der Waals surface area contributed by atoms with Crippen molar-refractivity contribution in [1.82, 2.24) is 0 Å². The van der Waals surface area contributed by atoms with Crippen LogP contribution in [0.25, 0.3) is 0 Å². The molecule has 0 amide bonds. The zero-order valence-electron chi connectivity index (χ0n) is 44.5. The number of carbonyl (C=O) groups is 2. The van der Waals surface area contributed by atoms with Gasteiger partial charge in [0.2, 0.25) is 0 Å². The lowest BCUT2D eigenvalue weighted by Crippen LogP contribution is -2.30. The van der Waals surface area contributed by atoms with E-state index >= 15 is 0 Å². The molecule has 0 aromatic rings. The molecule has 0 fully saturated rings. The van der Waals surface area contributed by atoms with Gasteiger partial charge in [0, 0.05) is 19.4 Å². The lowest BCUT2D eigenvalue weighted by molar-refractivity contribution is -0.163. The summed E-state index contributed by atoms with van der Waals surface area (Å²) in [5.74, 6) is -0.402. The van der Waals surface area contributed by atoms with Crippen LogP contribution in [0.2, 0.25) is 0 Å². The largest absolute Gasteiger partial charge is 0.462 e. The number of hydrogen-bond acceptors (Lipinski definition) is 5. The van der Waals surface area contributed by atoms with E-state index in [0.717, 1.165) is 57.8 Å². The number of allylic oxidation sites excluding steroid dienone is 8. The van der Waals surface area contributed by atoms with Crippen molar-refractivity contribution >= 4 is 11.9 Å². The minimum atomic E-state index is -0.542. The number of rotatable bonds is 54. The molecule has 386 valence electrons. The molecule has 5 nitrogen and oxygen atoms in total. The molecule has 0 aromatic carbocycles. The van der Waals surface area contributed by atoms with Crippen molar-refractivity contribution in [3.8, 4) is 0 Å². The van der Waals surface area contributed by atoms with Crippen LogP contribution in [0.3, 0.4) is 0 Å². The second-order valence-corrected chi connectivity index (χ2v) is 19.5. The Morgan fingerprint density at radius 3 is 1.03 bits per heavy atom. The quantitative estimate of drug-likeness (QED) is 0.0345. The monoisotopic (exact) mass is 925 g/mol. The van der Waals surface area contributed by atoms with E-state index in [1.165, 1.54) is 212 Å².